The third-order valence-electron chi connectivity index (χ3n) is 6.98. The first-order valence-corrected chi connectivity index (χ1v) is 13.7. The molecule has 0 bridgehead atoms. The highest BCUT2D eigenvalue weighted by molar-refractivity contribution is 6.01. The summed E-state index contributed by atoms with van der Waals surface area (Å²) in [6.45, 7) is -0.659. The smallest absolute Gasteiger partial charge is 0.326 e. The number of carboxylic acid groups (broad SMARTS) is 1. The van der Waals surface area contributed by atoms with Crippen molar-refractivity contribution < 1.29 is 42.5 Å². The minimum absolute atomic E-state index is 0.0990. The second-order valence-corrected chi connectivity index (χ2v) is 9.93. The van der Waals surface area contributed by atoms with Crippen molar-refractivity contribution in [1.29, 1.82) is 0 Å². The van der Waals surface area contributed by atoms with Gasteiger partial charge >= 0.3 is 5.97 Å². The second kappa shape index (κ2) is 13.9. The van der Waals surface area contributed by atoms with Crippen LogP contribution in [0.2, 0.25) is 0 Å². The molecule has 44 heavy (non-hydrogen) atoms. The number of nitrogens with one attached hydrogen (secondary N) is 2. The highest BCUT2D eigenvalue weighted by atomic mass is 19.1. The normalized spacial score (nSPS) is 16.6. The molecule has 3 unspecified atom stereocenters. The largest absolute Gasteiger partial charge is 0.489 e. The maximum Gasteiger partial charge on any atom is 0.326 e. The Labute approximate surface area is 251 Å². The fraction of sp³-hybridized carbons (Fsp3) is 0.182. The van der Waals surface area contributed by atoms with Crippen LogP contribution in [0.4, 0.5) is 14.5 Å². The summed E-state index contributed by atoms with van der Waals surface area (Å²) in [7, 11) is 0. The van der Waals surface area contributed by atoms with Crippen LogP contribution in [0.25, 0.3) is 11.1 Å². The summed E-state index contributed by atoms with van der Waals surface area (Å²) in [4.78, 5) is 38.3. The van der Waals surface area contributed by atoms with E-state index in [2.05, 4.69) is 10.6 Å². The van der Waals surface area contributed by atoms with Crippen LogP contribution in [0.1, 0.15) is 11.1 Å². The van der Waals surface area contributed by atoms with Crippen LogP contribution in [0.15, 0.2) is 97.1 Å². The van der Waals surface area contributed by atoms with Crippen molar-refractivity contribution in [2.75, 3.05) is 12.1 Å². The van der Waals surface area contributed by atoms with Crippen LogP contribution in [-0.4, -0.2) is 47.9 Å². The average Bonchev–Trinajstić information content (AvgIpc) is 3.53. The molecule has 4 aromatic rings. The molecule has 11 heteroatoms. The summed E-state index contributed by atoms with van der Waals surface area (Å²) in [5, 5.41) is 15.0. The fourth-order valence-electron chi connectivity index (χ4n) is 4.69. The first kappa shape index (κ1) is 30.3. The molecule has 1 fully saturated rings. The van der Waals surface area contributed by atoms with Crippen molar-refractivity contribution in [2.45, 2.75) is 31.3 Å². The fourth-order valence-corrected chi connectivity index (χ4v) is 4.69. The Morgan fingerprint density at radius 3 is 2.14 bits per heavy atom. The van der Waals surface area contributed by atoms with E-state index in [1.54, 1.807) is 24.3 Å². The molecule has 3 N–H and O–H groups in total. The van der Waals surface area contributed by atoms with Gasteiger partial charge in [0.1, 0.15) is 36.8 Å². The van der Waals surface area contributed by atoms with Gasteiger partial charge in [-0.05, 0) is 41.5 Å². The van der Waals surface area contributed by atoms with Gasteiger partial charge in [0, 0.05) is 17.7 Å². The molecule has 0 saturated carbocycles. The van der Waals surface area contributed by atoms with E-state index in [1.165, 1.54) is 18.2 Å². The summed E-state index contributed by atoms with van der Waals surface area (Å²) < 4.78 is 43.9. The highest BCUT2D eigenvalue weighted by Gasteiger charge is 2.42. The Morgan fingerprint density at radius 2 is 1.45 bits per heavy atom. The van der Waals surface area contributed by atoms with Crippen LogP contribution in [0.5, 0.6) is 5.75 Å². The van der Waals surface area contributed by atoms with E-state index in [4.69, 9.17) is 14.2 Å². The maximum absolute atomic E-state index is 13.9. The van der Waals surface area contributed by atoms with Crippen molar-refractivity contribution >= 4 is 23.5 Å². The summed E-state index contributed by atoms with van der Waals surface area (Å²) in [6.07, 6.45) is -2.79. The lowest BCUT2D eigenvalue weighted by atomic mass is 10.0. The Balaban J connectivity index is 1.20. The van der Waals surface area contributed by atoms with Gasteiger partial charge in [-0.1, -0.05) is 66.7 Å². The summed E-state index contributed by atoms with van der Waals surface area (Å²) in [5.41, 5.74) is 2.48. The molecule has 0 spiro atoms. The zero-order chi connectivity index (χ0) is 31.1. The number of aliphatic carboxylic acids is 1. The van der Waals surface area contributed by atoms with Gasteiger partial charge in [-0.2, -0.15) is 0 Å². The van der Waals surface area contributed by atoms with Crippen LogP contribution in [-0.2, 0) is 36.9 Å². The lowest BCUT2D eigenvalue weighted by Crippen LogP contribution is -2.51. The Bertz CT molecular complexity index is 1610. The summed E-state index contributed by atoms with van der Waals surface area (Å²) >= 11 is 0. The number of ether oxygens (including phenoxy) is 3. The average molecular weight is 603 g/mol. The Kier molecular flexibility index (Phi) is 9.58. The predicted octanol–water partition coefficient (Wildman–Crippen LogP) is 4.70. The van der Waals surface area contributed by atoms with E-state index in [-0.39, 0.29) is 25.4 Å². The summed E-state index contributed by atoms with van der Waals surface area (Å²) in [6, 6.07) is 25.0. The van der Waals surface area contributed by atoms with Crippen molar-refractivity contribution in [2.24, 2.45) is 0 Å². The molecule has 1 aliphatic rings. The molecule has 0 aromatic heterocycles. The Hall–Kier alpha value is -5.13. The molecule has 5 rings (SSSR count). The molecular weight excluding hydrogens is 574 g/mol. The quantitative estimate of drug-likeness (QED) is 0.227. The lowest BCUT2D eigenvalue weighted by molar-refractivity contribution is -0.144. The van der Waals surface area contributed by atoms with E-state index in [0.717, 1.165) is 23.3 Å². The van der Waals surface area contributed by atoms with E-state index >= 15 is 0 Å². The minimum Gasteiger partial charge on any atom is -0.489 e. The number of carboxylic acids is 1. The molecule has 0 aliphatic carbocycles. The third kappa shape index (κ3) is 7.25. The van der Waals surface area contributed by atoms with Crippen molar-refractivity contribution in [3.8, 4) is 16.9 Å². The lowest BCUT2D eigenvalue weighted by Gasteiger charge is -2.20. The maximum atomic E-state index is 13.9. The van der Waals surface area contributed by atoms with Gasteiger partial charge in [-0.25, -0.2) is 13.6 Å². The molecule has 226 valence electrons. The number of amides is 2. The monoisotopic (exact) mass is 602 g/mol. The van der Waals surface area contributed by atoms with Gasteiger partial charge in [0.05, 0.1) is 5.56 Å². The SMILES string of the molecule is O=C(O)C(Cc1ccc(OCc2c(F)cccc2F)cc1)NC(=O)C1OCOC1C(=O)Nc1ccccc1-c1ccccc1. The molecule has 1 heterocycles. The van der Waals surface area contributed by atoms with Gasteiger partial charge in [-0.15, -0.1) is 0 Å². The first-order valence-electron chi connectivity index (χ1n) is 13.7. The molecule has 4 aromatic carbocycles. The molecule has 2 amide bonds. The van der Waals surface area contributed by atoms with Gasteiger partial charge < -0.3 is 30.0 Å². The molecule has 0 radical (unpaired) electrons. The Morgan fingerprint density at radius 1 is 0.818 bits per heavy atom. The number of carbonyl (C=O) groups excluding carboxylic acids is 2. The number of para-hydroxylation sites is 1. The van der Waals surface area contributed by atoms with Crippen LogP contribution >= 0.6 is 0 Å². The van der Waals surface area contributed by atoms with Crippen LogP contribution in [0, 0.1) is 11.6 Å². The van der Waals surface area contributed by atoms with Crippen molar-refractivity contribution in [3.05, 3.63) is 120 Å². The van der Waals surface area contributed by atoms with Crippen molar-refractivity contribution in [1.82, 2.24) is 5.32 Å². The standard InChI is InChI=1S/C33H28F2N2O7/c34-25-10-6-11-26(35)24(25)18-42-22-15-13-20(14-16-22)17-28(33(40)41)37-32(39)30-29(43-19-44-30)31(38)36-27-12-5-4-9-23(27)21-7-2-1-3-8-21/h1-16,28-30H,17-19H2,(H,36,38)(H,37,39)(H,40,41). The van der Waals surface area contributed by atoms with Gasteiger partial charge in [0.25, 0.3) is 11.8 Å². The van der Waals surface area contributed by atoms with E-state index < -0.39 is 47.7 Å². The number of carbonyl (C=O) groups is 3. The number of hydrogen-bond donors (Lipinski definition) is 3. The number of hydrogen-bond acceptors (Lipinski definition) is 6. The number of rotatable bonds is 11. The van der Waals surface area contributed by atoms with Crippen molar-refractivity contribution in [3.63, 3.8) is 0 Å². The molecule has 1 saturated heterocycles. The zero-order valence-corrected chi connectivity index (χ0v) is 23.2. The number of benzene rings is 4. The third-order valence-corrected chi connectivity index (χ3v) is 6.98. The molecule has 1 aliphatic heterocycles. The number of halogens is 2. The van der Waals surface area contributed by atoms with E-state index in [9.17, 15) is 28.3 Å². The van der Waals surface area contributed by atoms with Gasteiger partial charge in [-0.3, -0.25) is 9.59 Å². The molecule has 3 atom stereocenters. The first-order chi connectivity index (χ1) is 21.3. The summed E-state index contributed by atoms with van der Waals surface area (Å²) in [5.74, 6) is -3.89. The van der Waals surface area contributed by atoms with Gasteiger partial charge in [0.15, 0.2) is 12.2 Å². The predicted molar refractivity (Wildman–Crippen MR) is 156 cm³/mol. The molecule has 9 nitrogen and oxygen atoms in total. The van der Waals surface area contributed by atoms with E-state index in [1.807, 2.05) is 42.5 Å². The van der Waals surface area contributed by atoms with Gasteiger partial charge in [0.2, 0.25) is 0 Å². The van der Waals surface area contributed by atoms with E-state index in [0.29, 0.717) is 17.0 Å². The second-order valence-electron chi connectivity index (χ2n) is 9.93. The minimum atomic E-state index is -1.38. The number of anilines is 1. The molecular formula is C33H28F2N2O7. The van der Waals surface area contributed by atoms with Crippen LogP contribution < -0.4 is 15.4 Å². The topological polar surface area (TPSA) is 123 Å². The van der Waals surface area contributed by atoms with Crippen LogP contribution in [0.3, 0.4) is 0 Å². The zero-order valence-electron chi connectivity index (χ0n) is 23.2. The highest BCUT2D eigenvalue weighted by Crippen LogP contribution is 2.28.